The number of hydrogen-bond donors (Lipinski definition) is 0. The number of nitrogens with zero attached hydrogens (tertiary/aromatic N) is 1. The van der Waals surface area contributed by atoms with Crippen molar-refractivity contribution in [1.82, 2.24) is 0 Å². The van der Waals surface area contributed by atoms with Gasteiger partial charge in [0.1, 0.15) is 5.58 Å². The zero-order valence-electron chi connectivity index (χ0n) is 26.1. The van der Waals surface area contributed by atoms with Crippen LogP contribution in [0, 0.1) is 0 Å². The third-order valence-electron chi connectivity index (χ3n) is 9.81. The van der Waals surface area contributed by atoms with Crippen molar-refractivity contribution in [2.75, 3.05) is 4.90 Å². The summed E-state index contributed by atoms with van der Waals surface area (Å²) in [6.45, 7) is 0. The average Bonchev–Trinajstić information content (AvgIpc) is 3.55. The predicted octanol–water partition coefficient (Wildman–Crippen LogP) is 13.3. The molecule has 2 heteroatoms. The largest absolute Gasteiger partial charge is 0.454 e. The van der Waals surface area contributed by atoms with Crippen LogP contribution in [0.4, 0.5) is 17.1 Å². The van der Waals surface area contributed by atoms with Crippen LogP contribution in [-0.2, 0) is 0 Å². The van der Waals surface area contributed by atoms with Gasteiger partial charge < -0.3 is 9.32 Å². The van der Waals surface area contributed by atoms with E-state index in [0.29, 0.717) is 0 Å². The molecule has 224 valence electrons. The van der Waals surface area contributed by atoms with E-state index in [9.17, 15) is 0 Å². The van der Waals surface area contributed by atoms with Crippen LogP contribution in [0.25, 0.3) is 76.2 Å². The molecule has 0 saturated heterocycles. The summed E-state index contributed by atoms with van der Waals surface area (Å²) >= 11 is 0. The molecule has 10 aromatic rings. The third-order valence-corrected chi connectivity index (χ3v) is 9.81. The first-order chi connectivity index (χ1) is 23.8. The van der Waals surface area contributed by atoms with Crippen molar-refractivity contribution in [2.45, 2.75) is 0 Å². The summed E-state index contributed by atoms with van der Waals surface area (Å²) in [6.07, 6.45) is 0. The molecule has 10 rings (SSSR count). The molecule has 0 radical (unpaired) electrons. The summed E-state index contributed by atoms with van der Waals surface area (Å²) in [5.74, 6) is 0. The van der Waals surface area contributed by atoms with Crippen LogP contribution in [0.5, 0.6) is 0 Å². The molecule has 0 aliphatic carbocycles. The highest BCUT2D eigenvalue weighted by Gasteiger charge is 2.22. The Bertz CT molecular complexity index is 2800. The SMILES string of the molecule is c1ccc(-c2cc3oc4c(N(c5ccccc5)c5ccc6c7ccccc7c7ccccc7c6c5)cccc4c3c3ccccc23)cc1. The number of para-hydroxylation sites is 2. The fourth-order valence-corrected chi connectivity index (χ4v) is 7.72. The fourth-order valence-electron chi connectivity index (χ4n) is 7.72. The van der Waals surface area contributed by atoms with Gasteiger partial charge >= 0.3 is 0 Å². The highest BCUT2D eigenvalue weighted by atomic mass is 16.3. The Labute approximate surface area is 277 Å². The monoisotopic (exact) mass is 611 g/mol. The maximum atomic E-state index is 6.95. The van der Waals surface area contributed by atoms with Crippen molar-refractivity contribution in [3.05, 3.63) is 176 Å². The van der Waals surface area contributed by atoms with E-state index in [4.69, 9.17) is 4.42 Å². The van der Waals surface area contributed by atoms with Crippen molar-refractivity contribution < 1.29 is 4.42 Å². The van der Waals surface area contributed by atoms with Gasteiger partial charge in [0, 0.05) is 22.1 Å². The molecule has 2 nitrogen and oxygen atoms in total. The second kappa shape index (κ2) is 10.6. The average molecular weight is 612 g/mol. The van der Waals surface area contributed by atoms with E-state index in [1.54, 1.807) is 0 Å². The van der Waals surface area contributed by atoms with Gasteiger partial charge in [-0.3, -0.25) is 0 Å². The van der Waals surface area contributed by atoms with Crippen LogP contribution in [0.3, 0.4) is 0 Å². The number of benzene rings is 9. The molecule has 0 atom stereocenters. The molecule has 0 unspecified atom stereocenters. The smallest absolute Gasteiger partial charge is 0.159 e. The number of anilines is 3. The van der Waals surface area contributed by atoms with Crippen molar-refractivity contribution in [3.8, 4) is 11.1 Å². The van der Waals surface area contributed by atoms with Crippen LogP contribution in [0.1, 0.15) is 0 Å². The first-order valence-electron chi connectivity index (χ1n) is 16.4. The van der Waals surface area contributed by atoms with Gasteiger partial charge in [0.15, 0.2) is 5.58 Å². The quantitative estimate of drug-likeness (QED) is 0.184. The Morgan fingerprint density at radius 1 is 0.354 bits per heavy atom. The topological polar surface area (TPSA) is 16.4 Å². The second-order valence-electron chi connectivity index (χ2n) is 12.5. The van der Waals surface area contributed by atoms with Crippen LogP contribution >= 0.6 is 0 Å². The van der Waals surface area contributed by atoms with Crippen molar-refractivity contribution in [1.29, 1.82) is 0 Å². The molecule has 0 aliphatic rings. The lowest BCUT2D eigenvalue weighted by molar-refractivity contribution is 0.669. The molecule has 48 heavy (non-hydrogen) atoms. The van der Waals surface area contributed by atoms with Crippen LogP contribution in [0.15, 0.2) is 180 Å². The Hall–Kier alpha value is -6.38. The zero-order chi connectivity index (χ0) is 31.6. The molecule has 9 aromatic carbocycles. The van der Waals surface area contributed by atoms with Gasteiger partial charge in [-0.1, -0.05) is 140 Å². The van der Waals surface area contributed by atoms with Crippen LogP contribution in [-0.4, -0.2) is 0 Å². The molecule has 0 fully saturated rings. The summed E-state index contributed by atoms with van der Waals surface area (Å²) in [6, 6.07) is 63.0. The molecule has 0 spiro atoms. The number of hydrogen-bond acceptors (Lipinski definition) is 2. The first-order valence-corrected chi connectivity index (χ1v) is 16.4. The van der Waals surface area contributed by atoms with E-state index < -0.39 is 0 Å². The summed E-state index contributed by atoms with van der Waals surface area (Å²) in [4.78, 5) is 2.34. The number of furan rings is 1. The normalized spacial score (nSPS) is 11.8. The minimum absolute atomic E-state index is 0.871. The molecular formula is C46H29NO. The lowest BCUT2D eigenvalue weighted by Crippen LogP contribution is -2.10. The third kappa shape index (κ3) is 4.00. The summed E-state index contributed by atoms with van der Waals surface area (Å²) in [5, 5.41) is 12.2. The Morgan fingerprint density at radius 3 is 1.58 bits per heavy atom. The van der Waals surface area contributed by atoms with Gasteiger partial charge in [0.2, 0.25) is 0 Å². The molecule has 0 aliphatic heterocycles. The molecular weight excluding hydrogens is 583 g/mol. The number of fused-ring (bicyclic) bond motifs is 11. The molecule has 0 amide bonds. The molecule has 1 aromatic heterocycles. The van der Waals surface area contributed by atoms with Crippen molar-refractivity contribution in [2.24, 2.45) is 0 Å². The lowest BCUT2D eigenvalue weighted by Gasteiger charge is -2.26. The van der Waals surface area contributed by atoms with E-state index >= 15 is 0 Å². The van der Waals surface area contributed by atoms with E-state index in [1.165, 1.54) is 54.2 Å². The number of rotatable bonds is 4. The van der Waals surface area contributed by atoms with Crippen molar-refractivity contribution in [3.63, 3.8) is 0 Å². The Balaban J connectivity index is 1.27. The van der Waals surface area contributed by atoms with E-state index in [-0.39, 0.29) is 0 Å². The minimum atomic E-state index is 0.871. The highest BCUT2D eigenvalue weighted by molar-refractivity contribution is 6.26. The van der Waals surface area contributed by atoms with Crippen LogP contribution < -0.4 is 4.90 Å². The van der Waals surface area contributed by atoms with E-state index in [0.717, 1.165) is 39.0 Å². The standard InChI is InChI=1S/C46H29NO/c1-3-14-30(15-4-1)41-29-44-45(39-23-12-11-22-37(39)41)40-24-13-25-43(46(40)48-44)47(31-16-5-2-6-17-31)32-26-27-38-35-20-8-7-18-33(35)34-19-9-10-21-36(34)42(38)28-32/h1-29H. The maximum Gasteiger partial charge on any atom is 0.159 e. The summed E-state index contributed by atoms with van der Waals surface area (Å²) < 4.78 is 6.95. The zero-order valence-corrected chi connectivity index (χ0v) is 26.1. The molecule has 0 N–H and O–H groups in total. The summed E-state index contributed by atoms with van der Waals surface area (Å²) in [5.41, 5.74) is 7.27. The van der Waals surface area contributed by atoms with Gasteiger partial charge in [-0.2, -0.15) is 0 Å². The van der Waals surface area contributed by atoms with E-state index in [1.807, 2.05) is 0 Å². The molecule has 0 saturated carbocycles. The first kappa shape index (κ1) is 26.8. The van der Waals surface area contributed by atoms with Gasteiger partial charge in [0.25, 0.3) is 0 Å². The predicted molar refractivity (Wildman–Crippen MR) is 204 cm³/mol. The lowest BCUT2D eigenvalue weighted by atomic mass is 9.94. The summed E-state index contributed by atoms with van der Waals surface area (Å²) in [7, 11) is 0. The Morgan fingerprint density at radius 2 is 0.896 bits per heavy atom. The molecule has 0 bridgehead atoms. The van der Waals surface area contributed by atoms with E-state index in [2.05, 4.69) is 181 Å². The second-order valence-corrected chi connectivity index (χ2v) is 12.5. The highest BCUT2D eigenvalue weighted by Crippen LogP contribution is 2.46. The van der Waals surface area contributed by atoms with Gasteiger partial charge in [-0.15, -0.1) is 0 Å². The molecule has 1 heterocycles. The van der Waals surface area contributed by atoms with Gasteiger partial charge in [0.05, 0.1) is 5.69 Å². The maximum absolute atomic E-state index is 6.95. The minimum Gasteiger partial charge on any atom is -0.454 e. The van der Waals surface area contributed by atoms with Crippen molar-refractivity contribution >= 4 is 82.1 Å². The van der Waals surface area contributed by atoms with Gasteiger partial charge in [-0.25, -0.2) is 0 Å². The Kier molecular flexibility index (Phi) is 5.91. The van der Waals surface area contributed by atoms with Crippen LogP contribution in [0.2, 0.25) is 0 Å². The fraction of sp³-hybridized carbons (Fsp3) is 0. The van der Waals surface area contributed by atoms with Gasteiger partial charge in [-0.05, 0) is 90.6 Å².